The molecular weight excluding hydrogens is 139 g/mol. The number of rotatable bonds is 0. The zero-order chi connectivity index (χ0) is 4.50. The van der Waals surface area contributed by atoms with Crippen LogP contribution in [0.3, 0.4) is 0 Å². The SMILES string of the molecule is O=[S](=O)(F)[Fe]. The van der Waals surface area contributed by atoms with E-state index in [1.807, 2.05) is 0 Å². The van der Waals surface area contributed by atoms with Gasteiger partial charge in [0.2, 0.25) is 0 Å². The molecule has 5 heteroatoms. The van der Waals surface area contributed by atoms with Crippen molar-refractivity contribution in [2.24, 2.45) is 0 Å². The van der Waals surface area contributed by atoms with Crippen molar-refractivity contribution in [3.05, 3.63) is 0 Å². The van der Waals surface area contributed by atoms with Crippen molar-refractivity contribution in [2.75, 3.05) is 0 Å². The van der Waals surface area contributed by atoms with Crippen LogP contribution >= 0.6 is 0 Å². The van der Waals surface area contributed by atoms with E-state index in [0.29, 0.717) is 0 Å². The maximum absolute atomic E-state index is 10.5. The Hall–Kier alpha value is 0.399. The van der Waals surface area contributed by atoms with Crippen LogP contribution in [0.15, 0.2) is 0 Å². The van der Waals surface area contributed by atoms with E-state index in [1.54, 1.807) is 0 Å². The molecule has 0 unspecified atom stereocenters. The van der Waals surface area contributed by atoms with Gasteiger partial charge in [-0.15, -0.1) is 0 Å². The molecule has 0 spiro atoms. The van der Waals surface area contributed by atoms with Crippen molar-refractivity contribution in [1.82, 2.24) is 0 Å². The van der Waals surface area contributed by atoms with Crippen LogP contribution in [-0.2, 0) is 23.5 Å². The minimum absolute atomic E-state index is 2.08. The third kappa shape index (κ3) is 159. The Morgan fingerprint density at radius 3 is 1.60 bits per heavy atom. The molecule has 0 aliphatic carbocycles. The van der Waals surface area contributed by atoms with Crippen molar-refractivity contribution in [3.8, 4) is 0 Å². The van der Waals surface area contributed by atoms with Gasteiger partial charge in [0.05, 0.1) is 0 Å². The standard InChI is InChI=1S/FO2S.Fe/c1-4(2)3;. The van der Waals surface area contributed by atoms with Gasteiger partial charge in [-0.1, -0.05) is 0 Å². The van der Waals surface area contributed by atoms with Gasteiger partial charge in [-0.25, -0.2) is 0 Å². The summed E-state index contributed by atoms with van der Waals surface area (Å²) in [6.07, 6.45) is 0. The monoisotopic (exact) mass is 139 g/mol. The van der Waals surface area contributed by atoms with Crippen molar-refractivity contribution >= 4 is 8.64 Å². The summed E-state index contributed by atoms with van der Waals surface area (Å²) in [5, 5.41) is 0. The average molecular weight is 139 g/mol. The van der Waals surface area contributed by atoms with Gasteiger partial charge in [0, 0.05) is 0 Å². The molecule has 0 rings (SSSR count). The average Bonchev–Trinajstić information content (AvgIpc) is 0.722. The summed E-state index contributed by atoms with van der Waals surface area (Å²) in [4.78, 5) is 0. The Bertz CT molecular complexity index is 92.8. The second-order valence-corrected chi connectivity index (χ2v) is 2.71. The summed E-state index contributed by atoms with van der Waals surface area (Å²) >= 11 is 2.08. The van der Waals surface area contributed by atoms with E-state index in [4.69, 9.17) is 8.42 Å². The summed E-state index contributed by atoms with van der Waals surface area (Å²) < 4.78 is 28.3. The Kier molecular flexibility index (Phi) is 1.34. The zero-order valence-electron chi connectivity index (χ0n) is 1.96. The van der Waals surface area contributed by atoms with Crippen LogP contribution in [0, 0.1) is 0 Å². The van der Waals surface area contributed by atoms with Gasteiger partial charge in [0.1, 0.15) is 0 Å². The van der Waals surface area contributed by atoms with Gasteiger partial charge in [0.15, 0.2) is 0 Å². The summed E-state index contributed by atoms with van der Waals surface area (Å²) in [7, 11) is -4.42. The molecule has 33 valence electrons. The molecule has 0 aliphatic heterocycles. The first-order chi connectivity index (χ1) is 2.00. The van der Waals surface area contributed by atoms with E-state index in [0.717, 1.165) is 0 Å². The fraction of sp³-hybridized carbons (Fsp3) is 0. The van der Waals surface area contributed by atoms with Crippen LogP contribution in [-0.4, -0.2) is 8.42 Å². The van der Waals surface area contributed by atoms with E-state index in [1.165, 1.54) is 0 Å². The molecule has 0 radical (unpaired) electrons. The van der Waals surface area contributed by atoms with Gasteiger partial charge < -0.3 is 0 Å². The molecule has 0 fully saturated rings. The maximum atomic E-state index is 10.5. The molecule has 0 aliphatic rings. The van der Waals surface area contributed by atoms with Crippen LogP contribution in [0.1, 0.15) is 0 Å². The van der Waals surface area contributed by atoms with Crippen molar-refractivity contribution in [2.45, 2.75) is 0 Å². The second-order valence-electron chi connectivity index (χ2n) is 0.366. The fourth-order valence-electron chi connectivity index (χ4n) is 0. The summed E-state index contributed by atoms with van der Waals surface area (Å²) in [5.41, 5.74) is 0. The normalized spacial score (nSPS) is 11.6. The van der Waals surface area contributed by atoms with Crippen LogP contribution in [0.25, 0.3) is 0 Å². The molecule has 0 bridgehead atoms. The zero-order valence-corrected chi connectivity index (χ0v) is 3.88. The van der Waals surface area contributed by atoms with E-state index >= 15 is 0 Å². The summed E-state index contributed by atoms with van der Waals surface area (Å²) in [6.45, 7) is 0. The first-order valence-corrected chi connectivity index (χ1v) is 3.25. The van der Waals surface area contributed by atoms with Crippen LogP contribution in [0.5, 0.6) is 0 Å². The summed E-state index contributed by atoms with van der Waals surface area (Å²) in [6, 6.07) is 0. The third-order valence-electron chi connectivity index (χ3n) is 0. The van der Waals surface area contributed by atoms with Crippen molar-refractivity contribution < 1.29 is 27.2 Å². The fourth-order valence-corrected chi connectivity index (χ4v) is 0. The number of hydrogen-bond acceptors (Lipinski definition) is 2. The Morgan fingerprint density at radius 2 is 1.60 bits per heavy atom. The van der Waals surface area contributed by atoms with Gasteiger partial charge in [-0.05, 0) is 0 Å². The molecule has 2 nitrogen and oxygen atoms in total. The Balaban J connectivity index is 4.06. The Labute approximate surface area is 36.5 Å². The second kappa shape index (κ2) is 1.24. The number of halogens is 1. The topological polar surface area (TPSA) is 34.1 Å². The predicted molar refractivity (Wildman–Crippen MR) is 10.0 cm³/mol. The van der Waals surface area contributed by atoms with E-state index in [9.17, 15) is 3.89 Å². The summed E-state index contributed by atoms with van der Waals surface area (Å²) in [5.74, 6) is 0. The molecule has 0 aromatic heterocycles. The van der Waals surface area contributed by atoms with Crippen LogP contribution in [0.2, 0.25) is 0 Å². The quantitative estimate of drug-likeness (QED) is 0.342. The van der Waals surface area contributed by atoms with Crippen LogP contribution < -0.4 is 0 Å². The molecule has 0 aromatic carbocycles. The molecule has 5 heavy (non-hydrogen) atoms. The molecule has 0 atom stereocenters. The van der Waals surface area contributed by atoms with Gasteiger partial charge in [-0.3, -0.25) is 0 Å². The Morgan fingerprint density at radius 1 is 1.60 bits per heavy atom. The first kappa shape index (κ1) is 5.40. The molecule has 0 amide bonds. The van der Waals surface area contributed by atoms with Crippen LogP contribution in [0.4, 0.5) is 3.89 Å². The van der Waals surface area contributed by atoms with Crippen molar-refractivity contribution in [3.63, 3.8) is 0 Å². The van der Waals surface area contributed by atoms with E-state index in [-0.39, 0.29) is 0 Å². The predicted octanol–water partition coefficient (Wildman–Crippen LogP) is -0.252. The van der Waals surface area contributed by atoms with Gasteiger partial charge in [-0.2, -0.15) is 0 Å². The molecule has 0 saturated carbocycles. The molecule has 0 aromatic rings. The molecule has 0 heterocycles. The first-order valence-electron chi connectivity index (χ1n) is 0.632. The minimum atomic E-state index is -4.42. The van der Waals surface area contributed by atoms with Gasteiger partial charge >= 0.3 is 35.8 Å². The molecule has 0 saturated heterocycles. The molecular formula is FFeO2S. The number of hydrogen-bond donors (Lipinski definition) is 0. The third-order valence-corrected chi connectivity index (χ3v) is 0. The van der Waals surface area contributed by atoms with Crippen molar-refractivity contribution in [1.29, 1.82) is 0 Å². The molecule has 0 N–H and O–H groups in total. The van der Waals surface area contributed by atoms with E-state index in [2.05, 4.69) is 14.9 Å². The van der Waals surface area contributed by atoms with E-state index < -0.39 is 8.64 Å². The van der Waals surface area contributed by atoms with Gasteiger partial charge in [0.25, 0.3) is 0 Å².